The van der Waals surface area contributed by atoms with Crippen LogP contribution in [0.2, 0.25) is 0 Å². The van der Waals surface area contributed by atoms with Crippen LogP contribution in [0.25, 0.3) is 0 Å². The van der Waals surface area contributed by atoms with E-state index in [9.17, 15) is 9.59 Å². The highest BCUT2D eigenvalue weighted by Crippen LogP contribution is 2.23. The van der Waals surface area contributed by atoms with E-state index in [1.54, 1.807) is 12.1 Å². The van der Waals surface area contributed by atoms with Gasteiger partial charge in [0.05, 0.1) is 0 Å². The quantitative estimate of drug-likeness (QED) is 0.850. The van der Waals surface area contributed by atoms with Crippen molar-refractivity contribution in [3.8, 4) is 5.75 Å². The Morgan fingerprint density at radius 3 is 2.65 bits per heavy atom. The second-order valence-electron chi connectivity index (χ2n) is 3.37. The highest BCUT2D eigenvalue weighted by atomic mass is 32.2. The Balaban J connectivity index is 1.90. The third-order valence-corrected chi connectivity index (χ3v) is 3.33. The summed E-state index contributed by atoms with van der Waals surface area (Å²) >= 11 is 5.98. The van der Waals surface area contributed by atoms with Crippen molar-refractivity contribution in [3.05, 3.63) is 30.3 Å². The molecule has 1 aliphatic heterocycles. The molecular formula is C11H9NO3S2. The van der Waals surface area contributed by atoms with E-state index < -0.39 is 5.25 Å². The number of imide groups is 1. The number of carbonyl (C=O) groups excluding carboxylic acids is 2. The van der Waals surface area contributed by atoms with Crippen LogP contribution in [-0.4, -0.2) is 21.4 Å². The number of hydrogen-bond acceptors (Lipinski definition) is 5. The first-order valence-corrected chi connectivity index (χ1v) is 6.21. The summed E-state index contributed by atoms with van der Waals surface area (Å²) in [7, 11) is 0. The molecule has 0 bridgehead atoms. The molecule has 0 radical (unpaired) electrons. The first-order valence-electron chi connectivity index (χ1n) is 4.92. The molecule has 0 aromatic heterocycles. The van der Waals surface area contributed by atoms with E-state index in [4.69, 9.17) is 17.0 Å². The van der Waals surface area contributed by atoms with Crippen LogP contribution in [0, 0.1) is 0 Å². The number of para-hydroxylation sites is 1. The highest BCUT2D eigenvalue weighted by Gasteiger charge is 2.32. The van der Waals surface area contributed by atoms with Gasteiger partial charge in [0.15, 0.2) is 5.05 Å². The summed E-state index contributed by atoms with van der Waals surface area (Å²) in [6.45, 7) is 0. The van der Waals surface area contributed by atoms with Gasteiger partial charge in [0.1, 0.15) is 11.0 Å². The Labute approximate surface area is 108 Å². The molecule has 1 aromatic carbocycles. The summed E-state index contributed by atoms with van der Waals surface area (Å²) in [6, 6.07) is 9.09. The normalized spacial score (nSPS) is 18.9. The largest absolute Gasteiger partial charge is 0.450 e. The SMILES string of the molecule is O=C1NC(=O)C(CC(=S)Oc2ccccc2)S1. The maximum absolute atomic E-state index is 11.3. The van der Waals surface area contributed by atoms with E-state index in [0.29, 0.717) is 10.8 Å². The van der Waals surface area contributed by atoms with Crippen molar-refractivity contribution in [1.29, 1.82) is 0 Å². The molecule has 1 unspecified atom stereocenters. The van der Waals surface area contributed by atoms with Crippen LogP contribution in [0.15, 0.2) is 30.3 Å². The van der Waals surface area contributed by atoms with Gasteiger partial charge < -0.3 is 4.74 Å². The van der Waals surface area contributed by atoms with Gasteiger partial charge in [0.2, 0.25) is 5.91 Å². The molecule has 1 saturated heterocycles. The van der Waals surface area contributed by atoms with E-state index in [0.717, 1.165) is 11.8 Å². The Morgan fingerprint density at radius 1 is 1.35 bits per heavy atom. The number of nitrogens with one attached hydrogen (secondary N) is 1. The summed E-state index contributed by atoms with van der Waals surface area (Å²) < 4.78 is 5.39. The van der Waals surface area contributed by atoms with Crippen LogP contribution in [0.1, 0.15) is 6.42 Å². The van der Waals surface area contributed by atoms with E-state index in [1.807, 2.05) is 18.2 Å². The number of amides is 2. The Kier molecular flexibility index (Phi) is 3.75. The van der Waals surface area contributed by atoms with Crippen LogP contribution in [0.5, 0.6) is 5.75 Å². The lowest BCUT2D eigenvalue weighted by Gasteiger charge is -2.08. The van der Waals surface area contributed by atoms with Crippen LogP contribution in [0.3, 0.4) is 0 Å². The predicted molar refractivity (Wildman–Crippen MR) is 69.2 cm³/mol. The summed E-state index contributed by atoms with van der Waals surface area (Å²) in [5.41, 5.74) is 0. The second-order valence-corrected chi connectivity index (χ2v) is 5.01. The minimum absolute atomic E-state index is 0.256. The number of benzene rings is 1. The zero-order valence-electron chi connectivity index (χ0n) is 8.71. The van der Waals surface area contributed by atoms with Gasteiger partial charge in [-0.1, -0.05) is 30.0 Å². The zero-order valence-corrected chi connectivity index (χ0v) is 10.3. The van der Waals surface area contributed by atoms with Crippen molar-refractivity contribution < 1.29 is 14.3 Å². The fraction of sp³-hybridized carbons (Fsp3) is 0.182. The molecular weight excluding hydrogens is 258 g/mol. The molecule has 88 valence electrons. The van der Waals surface area contributed by atoms with Gasteiger partial charge in [-0.25, -0.2) is 0 Å². The number of rotatable bonds is 3. The molecule has 0 spiro atoms. The fourth-order valence-corrected chi connectivity index (χ4v) is 2.53. The molecule has 1 fully saturated rings. The molecule has 2 amide bonds. The first kappa shape index (κ1) is 12.1. The summed E-state index contributed by atoms with van der Waals surface area (Å²) in [5, 5.41) is 1.71. The molecule has 17 heavy (non-hydrogen) atoms. The van der Waals surface area contributed by atoms with Crippen molar-refractivity contribution >= 4 is 40.2 Å². The summed E-state index contributed by atoms with van der Waals surface area (Å²) in [5.74, 6) is 0.325. The lowest BCUT2D eigenvalue weighted by molar-refractivity contribution is -0.118. The van der Waals surface area contributed by atoms with Gasteiger partial charge in [0.25, 0.3) is 5.24 Å². The predicted octanol–water partition coefficient (Wildman–Crippen LogP) is 2.13. The molecule has 1 heterocycles. The van der Waals surface area contributed by atoms with Crippen LogP contribution in [-0.2, 0) is 4.79 Å². The third kappa shape index (κ3) is 3.28. The van der Waals surface area contributed by atoms with Gasteiger partial charge in [-0.05, 0) is 24.4 Å². The fourth-order valence-electron chi connectivity index (χ4n) is 1.34. The number of thioether (sulfide) groups is 1. The molecule has 6 heteroatoms. The van der Waals surface area contributed by atoms with Crippen molar-refractivity contribution in [2.24, 2.45) is 0 Å². The average molecular weight is 267 g/mol. The maximum atomic E-state index is 11.3. The number of thiocarbonyl (C=S) groups is 1. The van der Waals surface area contributed by atoms with E-state index in [1.165, 1.54) is 0 Å². The van der Waals surface area contributed by atoms with Crippen molar-refractivity contribution in [3.63, 3.8) is 0 Å². The van der Waals surface area contributed by atoms with Gasteiger partial charge in [0, 0.05) is 6.42 Å². The maximum Gasteiger partial charge on any atom is 0.286 e. The molecule has 1 N–H and O–H groups in total. The standard InChI is InChI=1S/C11H9NO3S2/c13-10-8(17-11(14)12-10)6-9(16)15-7-4-2-1-3-5-7/h1-5,8H,6H2,(H,12,13,14). The molecule has 0 saturated carbocycles. The first-order chi connectivity index (χ1) is 8.15. The van der Waals surface area contributed by atoms with E-state index >= 15 is 0 Å². The Bertz CT molecular complexity index is 461. The monoisotopic (exact) mass is 267 g/mol. The zero-order chi connectivity index (χ0) is 12.3. The smallest absolute Gasteiger partial charge is 0.286 e. The van der Waals surface area contributed by atoms with Crippen molar-refractivity contribution in [1.82, 2.24) is 5.32 Å². The van der Waals surface area contributed by atoms with E-state index in [-0.39, 0.29) is 17.6 Å². The second kappa shape index (κ2) is 5.29. The van der Waals surface area contributed by atoms with Crippen molar-refractivity contribution in [2.75, 3.05) is 0 Å². The Hall–Kier alpha value is -1.40. The molecule has 0 aliphatic carbocycles. The van der Waals surface area contributed by atoms with Crippen LogP contribution in [0.4, 0.5) is 4.79 Å². The summed E-state index contributed by atoms with van der Waals surface area (Å²) in [4.78, 5) is 22.3. The topological polar surface area (TPSA) is 55.4 Å². The molecule has 1 atom stereocenters. The molecule has 1 aliphatic rings. The number of hydrogen-bond donors (Lipinski definition) is 1. The highest BCUT2D eigenvalue weighted by molar-refractivity contribution is 8.15. The average Bonchev–Trinajstić information content (AvgIpc) is 2.58. The minimum Gasteiger partial charge on any atom is -0.450 e. The third-order valence-electron chi connectivity index (χ3n) is 2.09. The summed E-state index contributed by atoms with van der Waals surface area (Å²) in [6.07, 6.45) is 0.256. The lowest BCUT2D eigenvalue weighted by Crippen LogP contribution is -2.26. The van der Waals surface area contributed by atoms with E-state index in [2.05, 4.69) is 5.32 Å². The van der Waals surface area contributed by atoms with Gasteiger partial charge in [-0.3, -0.25) is 14.9 Å². The van der Waals surface area contributed by atoms with Crippen LogP contribution >= 0.6 is 24.0 Å². The van der Waals surface area contributed by atoms with Gasteiger partial charge in [-0.15, -0.1) is 0 Å². The van der Waals surface area contributed by atoms with Crippen molar-refractivity contribution in [2.45, 2.75) is 11.7 Å². The number of ether oxygens (including phenoxy) is 1. The minimum atomic E-state index is -0.473. The molecule has 4 nitrogen and oxygen atoms in total. The lowest BCUT2D eigenvalue weighted by atomic mass is 10.3. The van der Waals surface area contributed by atoms with Gasteiger partial charge in [-0.2, -0.15) is 0 Å². The number of carbonyl (C=O) groups is 2. The molecule has 1 aromatic rings. The van der Waals surface area contributed by atoms with Crippen LogP contribution < -0.4 is 10.1 Å². The molecule has 2 rings (SSSR count). The Morgan fingerprint density at radius 2 is 2.06 bits per heavy atom. The van der Waals surface area contributed by atoms with Gasteiger partial charge >= 0.3 is 0 Å².